The molecule has 1 amide bonds. The van der Waals surface area contributed by atoms with Crippen molar-refractivity contribution in [2.75, 3.05) is 18.7 Å². The zero-order valence-corrected chi connectivity index (χ0v) is 15.5. The van der Waals surface area contributed by atoms with Gasteiger partial charge in [0.25, 0.3) is 11.6 Å². The second-order valence-corrected chi connectivity index (χ2v) is 6.14. The van der Waals surface area contributed by atoms with Gasteiger partial charge in [0.1, 0.15) is 0 Å². The van der Waals surface area contributed by atoms with Crippen LogP contribution in [0, 0.1) is 17.0 Å². The molecule has 0 radical (unpaired) electrons. The molecule has 0 unspecified atom stereocenters. The molecule has 10 nitrogen and oxygen atoms in total. The summed E-state index contributed by atoms with van der Waals surface area (Å²) in [6, 6.07) is 6.89. The maximum absolute atomic E-state index is 12.2. The van der Waals surface area contributed by atoms with Crippen LogP contribution in [0.1, 0.15) is 33.2 Å². The van der Waals surface area contributed by atoms with Gasteiger partial charge < -0.3 is 19.5 Å². The molecule has 2 aromatic carbocycles. The quantitative estimate of drug-likeness (QED) is 0.338. The van der Waals surface area contributed by atoms with Crippen LogP contribution in [0.15, 0.2) is 30.3 Å². The van der Waals surface area contributed by atoms with Gasteiger partial charge in [-0.25, -0.2) is 4.79 Å². The molecule has 150 valence electrons. The Balaban J connectivity index is 1.70. The minimum Gasteiger partial charge on any atom is -0.454 e. The van der Waals surface area contributed by atoms with Crippen molar-refractivity contribution < 1.29 is 33.5 Å². The molecule has 0 saturated carbocycles. The van der Waals surface area contributed by atoms with Gasteiger partial charge in [0.15, 0.2) is 23.9 Å². The Morgan fingerprint density at radius 1 is 1.17 bits per heavy atom. The summed E-state index contributed by atoms with van der Waals surface area (Å²) in [5.41, 5.74) is 0.296. The van der Waals surface area contributed by atoms with E-state index in [0.717, 1.165) is 0 Å². The summed E-state index contributed by atoms with van der Waals surface area (Å²) in [5, 5.41) is 13.5. The molecule has 0 bridgehead atoms. The maximum atomic E-state index is 12.2. The maximum Gasteiger partial charge on any atom is 0.339 e. The van der Waals surface area contributed by atoms with Crippen molar-refractivity contribution in [1.29, 1.82) is 0 Å². The smallest absolute Gasteiger partial charge is 0.339 e. The van der Waals surface area contributed by atoms with Crippen molar-refractivity contribution in [2.45, 2.75) is 13.8 Å². The first-order valence-electron chi connectivity index (χ1n) is 8.43. The van der Waals surface area contributed by atoms with Crippen LogP contribution in [0.4, 0.5) is 11.4 Å². The number of esters is 1. The Bertz CT molecular complexity index is 1030. The third-order valence-corrected chi connectivity index (χ3v) is 4.22. The van der Waals surface area contributed by atoms with Crippen LogP contribution >= 0.6 is 0 Å². The number of anilines is 1. The molecule has 10 heteroatoms. The van der Waals surface area contributed by atoms with Crippen LogP contribution in [0.25, 0.3) is 0 Å². The molecule has 1 N–H and O–H groups in total. The number of nitro groups is 1. The molecule has 2 aromatic rings. The zero-order valence-electron chi connectivity index (χ0n) is 15.5. The number of hydrogen-bond donors (Lipinski definition) is 1. The van der Waals surface area contributed by atoms with E-state index in [1.54, 1.807) is 0 Å². The summed E-state index contributed by atoms with van der Waals surface area (Å²) in [5.74, 6) is -1.11. The Labute approximate surface area is 164 Å². The highest BCUT2D eigenvalue weighted by molar-refractivity contribution is 6.05. The van der Waals surface area contributed by atoms with Crippen molar-refractivity contribution in [3.05, 3.63) is 57.1 Å². The lowest BCUT2D eigenvalue weighted by molar-refractivity contribution is -0.385. The first kappa shape index (κ1) is 19.8. The molecule has 29 heavy (non-hydrogen) atoms. The van der Waals surface area contributed by atoms with Gasteiger partial charge in [0, 0.05) is 23.3 Å². The predicted molar refractivity (Wildman–Crippen MR) is 99.3 cm³/mol. The van der Waals surface area contributed by atoms with E-state index in [2.05, 4.69) is 5.32 Å². The van der Waals surface area contributed by atoms with E-state index in [4.69, 9.17) is 14.2 Å². The number of nitro benzene ring substituents is 1. The fourth-order valence-electron chi connectivity index (χ4n) is 2.77. The normalized spacial score (nSPS) is 11.7. The van der Waals surface area contributed by atoms with E-state index >= 15 is 0 Å². The lowest BCUT2D eigenvalue weighted by Crippen LogP contribution is -2.22. The van der Waals surface area contributed by atoms with E-state index in [9.17, 15) is 24.5 Å². The second kappa shape index (κ2) is 7.97. The third-order valence-electron chi connectivity index (χ3n) is 4.22. The van der Waals surface area contributed by atoms with Crippen LogP contribution in [-0.4, -0.2) is 36.0 Å². The average molecular weight is 400 g/mol. The SMILES string of the molecule is CC(=O)c1cc2c(cc1NC(=O)COC(=O)c1cccc([N+](=O)[O-])c1C)OCO2. The van der Waals surface area contributed by atoms with Gasteiger partial charge >= 0.3 is 5.97 Å². The highest BCUT2D eigenvalue weighted by Gasteiger charge is 2.22. The van der Waals surface area contributed by atoms with Gasteiger partial charge in [-0.05, 0) is 26.0 Å². The molecule has 1 aliphatic rings. The molecule has 0 spiro atoms. The van der Waals surface area contributed by atoms with E-state index in [1.165, 1.54) is 44.2 Å². The van der Waals surface area contributed by atoms with E-state index < -0.39 is 23.4 Å². The van der Waals surface area contributed by atoms with Gasteiger partial charge in [0.2, 0.25) is 6.79 Å². The molecule has 0 fully saturated rings. The van der Waals surface area contributed by atoms with Gasteiger partial charge in [-0.1, -0.05) is 6.07 Å². The zero-order chi connectivity index (χ0) is 21.1. The molecular formula is C19H16N2O8. The lowest BCUT2D eigenvalue weighted by Gasteiger charge is -2.11. The lowest BCUT2D eigenvalue weighted by atomic mass is 10.1. The number of ketones is 1. The number of benzene rings is 2. The van der Waals surface area contributed by atoms with E-state index in [-0.39, 0.29) is 40.6 Å². The molecule has 0 atom stereocenters. The number of rotatable bonds is 6. The summed E-state index contributed by atoms with van der Waals surface area (Å²) < 4.78 is 15.4. The standard InChI is InChI=1S/C19H16N2O8/c1-10-12(4-3-5-15(10)21(25)26)19(24)27-8-18(23)20-14-7-17-16(28-9-29-17)6-13(14)11(2)22/h3-7H,8-9H2,1-2H3,(H,20,23). The Hall–Kier alpha value is -3.95. The van der Waals surface area contributed by atoms with Crippen LogP contribution in [0.2, 0.25) is 0 Å². The number of fused-ring (bicyclic) bond motifs is 1. The fraction of sp³-hybridized carbons (Fsp3) is 0.211. The van der Waals surface area contributed by atoms with Crippen LogP contribution in [0.3, 0.4) is 0 Å². The van der Waals surface area contributed by atoms with Crippen LogP contribution in [0.5, 0.6) is 11.5 Å². The number of carbonyl (C=O) groups excluding carboxylic acids is 3. The fourth-order valence-corrected chi connectivity index (χ4v) is 2.77. The van der Waals surface area contributed by atoms with Gasteiger partial charge in [-0.15, -0.1) is 0 Å². The number of nitrogens with zero attached hydrogens (tertiary/aromatic N) is 1. The Morgan fingerprint density at radius 3 is 2.52 bits per heavy atom. The molecule has 3 rings (SSSR count). The molecule has 0 aliphatic carbocycles. The minimum atomic E-state index is -0.876. The number of carbonyl (C=O) groups is 3. The van der Waals surface area contributed by atoms with Crippen LogP contribution in [-0.2, 0) is 9.53 Å². The highest BCUT2D eigenvalue weighted by Crippen LogP contribution is 2.37. The summed E-state index contributed by atoms with van der Waals surface area (Å²) >= 11 is 0. The molecule has 1 aliphatic heterocycles. The number of hydrogen-bond acceptors (Lipinski definition) is 8. The average Bonchev–Trinajstić information content (AvgIpc) is 3.12. The van der Waals surface area contributed by atoms with Gasteiger partial charge in [-0.3, -0.25) is 19.7 Å². The Morgan fingerprint density at radius 2 is 1.86 bits per heavy atom. The Kier molecular flexibility index (Phi) is 5.44. The van der Waals surface area contributed by atoms with E-state index in [1.807, 2.05) is 0 Å². The summed E-state index contributed by atoms with van der Waals surface area (Å²) in [6.07, 6.45) is 0. The number of nitrogens with one attached hydrogen (secondary N) is 1. The summed E-state index contributed by atoms with van der Waals surface area (Å²) in [6.45, 7) is 2.11. The first-order chi connectivity index (χ1) is 13.8. The summed E-state index contributed by atoms with van der Waals surface area (Å²) in [4.78, 5) is 46.6. The number of ether oxygens (including phenoxy) is 3. The molecular weight excluding hydrogens is 384 g/mol. The van der Waals surface area contributed by atoms with Gasteiger partial charge in [-0.2, -0.15) is 0 Å². The van der Waals surface area contributed by atoms with E-state index in [0.29, 0.717) is 11.5 Å². The van der Waals surface area contributed by atoms with Crippen molar-refractivity contribution in [3.8, 4) is 11.5 Å². The van der Waals surface area contributed by atoms with Crippen LogP contribution < -0.4 is 14.8 Å². The van der Waals surface area contributed by atoms with Crippen molar-refractivity contribution in [2.24, 2.45) is 0 Å². The number of Topliss-reactive ketones (excluding diaryl/α,β-unsaturated/α-hetero) is 1. The molecule has 1 heterocycles. The molecule has 0 aromatic heterocycles. The first-order valence-corrected chi connectivity index (χ1v) is 8.43. The van der Waals surface area contributed by atoms with Crippen molar-refractivity contribution in [3.63, 3.8) is 0 Å². The topological polar surface area (TPSA) is 134 Å². The largest absolute Gasteiger partial charge is 0.454 e. The second-order valence-electron chi connectivity index (χ2n) is 6.14. The van der Waals surface area contributed by atoms with Crippen molar-refractivity contribution >= 4 is 29.0 Å². The molecule has 0 saturated heterocycles. The third kappa shape index (κ3) is 4.15. The minimum absolute atomic E-state index is 0.00422. The number of amides is 1. The monoisotopic (exact) mass is 400 g/mol. The summed E-state index contributed by atoms with van der Waals surface area (Å²) in [7, 11) is 0. The highest BCUT2D eigenvalue weighted by atomic mass is 16.7. The van der Waals surface area contributed by atoms with Gasteiger partial charge in [0.05, 0.1) is 16.2 Å². The predicted octanol–water partition coefficient (Wildman–Crippen LogP) is 2.63. The van der Waals surface area contributed by atoms with Crippen molar-refractivity contribution in [1.82, 2.24) is 0 Å².